The molecule has 1 aromatic rings. The topological polar surface area (TPSA) is 411 Å². The van der Waals surface area contributed by atoms with Gasteiger partial charge >= 0.3 is 17.9 Å². The summed E-state index contributed by atoms with van der Waals surface area (Å²) < 4.78 is 0. The summed E-state index contributed by atoms with van der Waals surface area (Å²) in [6.45, 7) is 6.21. The zero-order valence-electron chi connectivity index (χ0n) is 40.3. The van der Waals surface area contributed by atoms with E-state index in [1.165, 1.54) is 25.6 Å². The van der Waals surface area contributed by atoms with Crippen LogP contribution in [0.2, 0.25) is 0 Å². The van der Waals surface area contributed by atoms with Crippen molar-refractivity contribution in [3.63, 3.8) is 0 Å². The molecule has 0 saturated carbocycles. The average Bonchev–Trinajstić information content (AvgIpc) is 3.30. The molecule has 71 heavy (non-hydrogen) atoms. The van der Waals surface area contributed by atoms with Gasteiger partial charge in [-0.05, 0) is 55.6 Å². The van der Waals surface area contributed by atoms with E-state index in [0.29, 0.717) is 17.7 Å². The van der Waals surface area contributed by atoms with Gasteiger partial charge in [-0.15, -0.1) is 0 Å². The second-order valence-electron chi connectivity index (χ2n) is 17.1. The lowest BCUT2D eigenvalue weighted by atomic mass is 10.0. The van der Waals surface area contributed by atoms with Crippen LogP contribution in [0.4, 0.5) is 0 Å². The van der Waals surface area contributed by atoms with E-state index in [-0.39, 0.29) is 12.2 Å². The number of carbonyl (C=O) groups is 11. The predicted molar refractivity (Wildman–Crippen MR) is 260 cm³/mol. The SMILES string of the molecule is CSCC[C@H](N)C(=O)N[C@H](C(=O)N[C@@H](CS)C(=O)N[C@@H](Cc1ccccc1)C(=O)N[C@@H](CCC(=O)O)C(=O)N[C@@H](CO)C(=O)N[C@@H](CCC(=O)O)C(=O)N[C@H](C(=O)N[C@H](C(=O)O)[C@@H](C)O)C(C)C)C(C)C. The van der Waals surface area contributed by atoms with Crippen molar-refractivity contribution in [2.45, 2.75) is 134 Å². The Morgan fingerprint density at radius 2 is 0.944 bits per heavy atom. The van der Waals surface area contributed by atoms with Crippen molar-refractivity contribution in [3.8, 4) is 0 Å². The molecule has 0 spiro atoms. The molecule has 0 bridgehead atoms. The smallest absolute Gasteiger partial charge is 0.328 e. The van der Waals surface area contributed by atoms with Gasteiger partial charge in [0.15, 0.2) is 6.04 Å². The van der Waals surface area contributed by atoms with Gasteiger partial charge in [0, 0.05) is 25.0 Å². The lowest BCUT2D eigenvalue weighted by Gasteiger charge is -2.28. The fourth-order valence-electron chi connectivity index (χ4n) is 6.46. The quantitative estimate of drug-likeness (QED) is 0.0305. The van der Waals surface area contributed by atoms with Gasteiger partial charge < -0.3 is 73.8 Å². The van der Waals surface area contributed by atoms with E-state index < -0.39 is 170 Å². The number of thiol groups is 1. The monoisotopic (exact) mass is 1040 g/mol. The number of aliphatic hydroxyl groups excluding tert-OH is 2. The first-order valence-corrected chi connectivity index (χ1v) is 24.6. The molecule has 1 aromatic carbocycles. The Morgan fingerprint density at radius 3 is 1.38 bits per heavy atom. The molecule has 0 aliphatic rings. The van der Waals surface area contributed by atoms with Gasteiger partial charge in [0.05, 0.1) is 18.8 Å². The van der Waals surface area contributed by atoms with Gasteiger partial charge in [-0.25, -0.2) is 4.79 Å². The summed E-state index contributed by atoms with van der Waals surface area (Å²) in [4.78, 5) is 143. The van der Waals surface area contributed by atoms with Crippen LogP contribution in [0.1, 0.15) is 72.3 Å². The number of hydrogen-bond acceptors (Lipinski definition) is 16. The molecule has 25 nitrogen and oxygen atoms in total. The second kappa shape index (κ2) is 32.0. The van der Waals surface area contributed by atoms with E-state index in [2.05, 4.69) is 55.2 Å². The summed E-state index contributed by atoms with van der Waals surface area (Å²) in [7, 11) is 0. The number of nitrogens with one attached hydrogen (secondary N) is 8. The number of carboxylic acids is 3. The van der Waals surface area contributed by atoms with Crippen LogP contribution in [-0.2, 0) is 59.2 Å². The summed E-state index contributed by atoms with van der Waals surface area (Å²) in [6.07, 6.45) is -2.21. The molecule has 0 unspecified atom stereocenters. The van der Waals surface area contributed by atoms with Crippen molar-refractivity contribution in [1.82, 2.24) is 42.5 Å². The van der Waals surface area contributed by atoms with Crippen molar-refractivity contribution >= 4 is 89.6 Å². The summed E-state index contributed by atoms with van der Waals surface area (Å²) in [6, 6.07) is -5.39. The van der Waals surface area contributed by atoms with Gasteiger partial charge in [-0.3, -0.25) is 47.9 Å². The maximum absolute atomic E-state index is 14.1. The first-order valence-electron chi connectivity index (χ1n) is 22.6. The lowest BCUT2D eigenvalue weighted by molar-refractivity contribution is -0.145. The highest BCUT2D eigenvalue weighted by Crippen LogP contribution is 2.11. The van der Waals surface area contributed by atoms with Crippen molar-refractivity contribution in [2.75, 3.05) is 24.4 Å². The largest absolute Gasteiger partial charge is 0.481 e. The van der Waals surface area contributed by atoms with Gasteiger partial charge in [-0.2, -0.15) is 24.4 Å². The summed E-state index contributed by atoms with van der Waals surface area (Å²) in [5, 5.41) is 67.2. The average molecular weight is 1040 g/mol. The fourth-order valence-corrected chi connectivity index (χ4v) is 7.21. The minimum Gasteiger partial charge on any atom is -0.481 e. The number of nitrogens with two attached hydrogens (primary N) is 1. The van der Waals surface area contributed by atoms with Crippen molar-refractivity contribution < 1.29 is 78.3 Å². The third kappa shape index (κ3) is 22.7. The summed E-state index contributed by atoms with van der Waals surface area (Å²) >= 11 is 5.70. The number of rotatable bonds is 33. The summed E-state index contributed by atoms with van der Waals surface area (Å²) in [5.41, 5.74) is 6.50. The van der Waals surface area contributed by atoms with E-state index in [1.54, 1.807) is 44.2 Å². The Bertz CT molecular complexity index is 2000. The molecule has 0 aliphatic carbocycles. The van der Waals surface area contributed by atoms with Gasteiger partial charge in [-0.1, -0.05) is 58.0 Å². The highest BCUT2D eigenvalue weighted by Gasteiger charge is 2.36. The van der Waals surface area contributed by atoms with E-state index in [4.69, 9.17) is 5.73 Å². The maximum Gasteiger partial charge on any atom is 0.328 e. The number of benzene rings is 1. The van der Waals surface area contributed by atoms with Crippen molar-refractivity contribution in [3.05, 3.63) is 35.9 Å². The number of thioether (sulfide) groups is 1. The van der Waals surface area contributed by atoms with Crippen molar-refractivity contribution in [1.29, 1.82) is 0 Å². The molecule has 0 radical (unpaired) electrons. The standard InChI is InChI=1S/C44H69N9O16S2/c1-21(2)33(51-36(60)25(45)16-17-71-6)42(66)50-30(20-70)41(65)48-28(18-24-10-8-7-9-11-24)39(63)46-26(12-14-31(56)57)37(61)49-29(19-54)40(64)47-27(13-15-32(58)59)38(62)52-34(22(3)4)43(67)53-35(23(5)55)44(68)69/h7-11,21-23,25-30,33-35,54-55,70H,12-20,45H2,1-6H3,(H,46,63)(H,47,64)(H,48,65)(H,49,61)(H,50,66)(H,51,60)(H,52,62)(H,53,67)(H,56,57)(H,58,59)(H,68,69)/t23-,25+,26+,27+,28+,29+,30+,33+,34+,35+/m1/s1. The zero-order chi connectivity index (χ0) is 54.1. The van der Waals surface area contributed by atoms with E-state index in [1.807, 2.05) is 6.26 Å². The number of hydrogen-bond donors (Lipinski definition) is 15. The fraction of sp³-hybridized carbons (Fsp3) is 0.614. The Morgan fingerprint density at radius 1 is 0.549 bits per heavy atom. The molecular weight excluding hydrogens is 975 g/mol. The lowest BCUT2D eigenvalue weighted by Crippen LogP contribution is -2.62. The minimum atomic E-state index is -1.93. The number of carbonyl (C=O) groups excluding carboxylic acids is 8. The van der Waals surface area contributed by atoms with Gasteiger partial charge in [0.25, 0.3) is 0 Å². The number of amides is 8. The predicted octanol–water partition coefficient (Wildman–Crippen LogP) is -3.38. The van der Waals surface area contributed by atoms with Crippen LogP contribution in [-0.4, -0.2) is 176 Å². The van der Waals surface area contributed by atoms with E-state index in [9.17, 15) is 78.3 Å². The van der Waals surface area contributed by atoms with Crippen LogP contribution in [0.15, 0.2) is 30.3 Å². The molecule has 0 aliphatic heterocycles. The Labute approximate surface area is 420 Å². The number of carboxylic acid groups (broad SMARTS) is 3. The Hall–Kier alpha value is -6.03. The van der Waals surface area contributed by atoms with Crippen LogP contribution in [0, 0.1) is 11.8 Å². The molecule has 0 saturated heterocycles. The van der Waals surface area contributed by atoms with Crippen LogP contribution >= 0.6 is 24.4 Å². The van der Waals surface area contributed by atoms with E-state index in [0.717, 1.165) is 6.92 Å². The first kappa shape index (κ1) is 63.0. The molecule has 0 aromatic heterocycles. The molecule has 10 atom stereocenters. The zero-order valence-corrected chi connectivity index (χ0v) is 42.0. The van der Waals surface area contributed by atoms with Crippen molar-refractivity contribution in [2.24, 2.45) is 17.6 Å². The highest BCUT2D eigenvalue weighted by atomic mass is 32.2. The third-order valence-corrected chi connectivity index (χ3v) is 11.6. The maximum atomic E-state index is 14.1. The number of aliphatic hydroxyl groups is 2. The van der Waals surface area contributed by atoms with Crippen LogP contribution in [0.3, 0.4) is 0 Å². The van der Waals surface area contributed by atoms with Crippen LogP contribution in [0.5, 0.6) is 0 Å². The second-order valence-corrected chi connectivity index (χ2v) is 18.5. The molecule has 1 rings (SSSR count). The molecule has 398 valence electrons. The minimum absolute atomic E-state index is 0.209. The van der Waals surface area contributed by atoms with E-state index >= 15 is 0 Å². The van der Waals surface area contributed by atoms with Crippen LogP contribution in [0.25, 0.3) is 0 Å². The Kier molecular flexibility index (Phi) is 28.4. The molecular formula is C44H69N9O16S2. The molecule has 15 N–H and O–H groups in total. The molecule has 8 amide bonds. The third-order valence-electron chi connectivity index (χ3n) is 10.6. The summed E-state index contributed by atoms with van der Waals surface area (Å²) in [5.74, 6) is -13.2. The van der Waals surface area contributed by atoms with Gasteiger partial charge in [0.1, 0.15) is 42.3 Å². The molecule has 0 fully saturated rings. The van der Waals surface area contributed by atoms with Crippen LogP contribution < -0.4 is 48.3 Å². The number of aliphatic carboxylic acids is 3. The molecule has 27 heteroatoms. The molecule has 0 heterocycles. The highest BCUT2D eigenvalue weighted by molar-refractivity contribution is 7.98. The van der Waals surface area contributed by atoms with Gasteiger partial charge in [0.2, 0.25) is 47.3 Å². The normalized spacial score (nSPS) is 15.4. The first-order chi connectivity index (χ1) is 33.3. The Balaban J connectivity index is 3.43.